The van der Waals surface area contributed by atoms with E-state index in [-0.39, 0.29) is 12.0 Å². The third-order valence-electron chi connectivity index (χ3n) is 1.77. The molecule has 1 atom stereocenters. The molecule has 0 saturated heterocycles. The number of aromatic nitrogens is 2. The summed E-state index contributed by atoms with van der Waals surface area (Å²) < 4.78 is 1.27. The van der Waals surface area contributed by atoms with Crippen molar-refractivity contribution in [3.8, 4) is 0 Å². The average Bonchev–Trinajstić information content (AvgIpc) is 2.36. The van der Waals surface area contributed by atoms with Crippen LogP contribution >= 0.6 is 0 Å². The molecular formula is C7H11N3O3. The van der Waals surface area contributed by atoms with Crippen LogP contribution in [0.15, 0.2) is 11.0 Å². The SMILES string of the molecule is Cn1[nH]cc(C[C@@H](N)C(=O)O)c1=O. The molecule has 0 saturated carbocycles. The van der Waals surface area contributed by atoms with E-state index in [2.05, 4.69) is 5.10 Å². The molecule has 0 aliphatic rings. The Kier molecular flexibility index (Phi) is 2.52. The minimum Gasteiger partial charge on any atom is -0.480 e. The first kappa shape index (κ1) is 9.53. The van der Waals surface area contributed by atoms with E-state index in [1.54, 1.807) is 7.05 Å². The minimum absolute atomic E-state index is 0.0471. The monoisotopic (exact) mass is 185 g/mol. The second-order valence-electron chi connectivity index (χ2n) is 2.81. The van der Waals surface area contributed by atoms with Crippen LogP contribution in [0, 0.1) is 0 Å². The van der Waals surface area contributed by atoms with Gasteiger partial charge in [-0.1, -0.05) is 0 Å². The van der Waals surface area contributed by atoms with Crippen molar-refractivity contribution in [1.29, 1.82) is 0 Å². The number of nitrogens with zero attached hydrogens (tertiary/aromatic N) is 1. The number of hydrogen-bond acceptors (Lipinski definition) is 3. The Balaban J connectivity index is 2.81. The van der Waals surface area contributed by atoms with Crippen LogP contribution in [0.25, 0.3) is 0 Å². The number of hydrogen-bond donors (Lipinski definition) is 3. The maximum absolute atomic E-state index is 11.2. The van der Waals surface area contributed by atoms with Gasteiger partial charge in [-0.25, -0.2) is 0 Å². The molecule has 0 amide bonds. The maximum Gasteiger partial charge on any atom is 0.320 e. The predicted octanol–water partition coefficient (Wildman–Crippen LogP) is -1.33. The number of carboxylic acid groups (broad SMARTS) is 1. The normalized spacial score (nSPS) is 12.8. The molecule has 6 nitrogen and oxygen atoms in total. The van der Waals surface area contributed by atoms with E-state index in [4.69, 9.17) is 10.8 Å². The molecule has 4 N–H and O–H groups in total. The summed E-state index contributed by atoms with van der Waals surface area (Å²) in [7, 11) is 1.55. The lowest BCUT2D eigenvalue weighted by molar-refractivity contribution is -0.138. The van der Waals surface area contributed by atoms with Crippen molar-refractivity contribution in [3.05, 3.63) is 22.1 Å². The van der Waals surface area contributed by atoms with Crippen molar-refractivity contribution in [2.45, 2.75) is 12.5 Å². The first-order valence-electron chi connectivity index (χ1n) is 3.74. The number of H-pyrrole nitrogens is 1. The lowest BCUT2D eigenvalue weighted by Gasteiger charge is -2.01. The molecule has 0 aromatic carbocycles. The lowest BCUT2D eigenvalue weighted by Crippen LogP contribution is -2.34. The van der Waals surface area contributed by atoms with Gasteiger partial charge in [-0.05, 0) is 0 Å². The fourth-order valence-corrected chi connectivity index (χ4v) is 0.981. The first-order chi connectivity index (χ1) is 6.02. The first-order valence-corrected chi connectivity index (χ1v) is 3.74. The fraction of sp³-hybridized carbons (Fsp3) is 0.429. The third-order valence-corrected chi connectivity index (χ3v) is 1.77. The van der Waals surface area contributed by atoms with Crippen LogP contribution in [0.2, 0.25) is 0 Å². The zero-order chi connectivity index (χ0) is 10.0. The minimum atomic E-state index is -1.11. The van der Waals surface area contributed by atoms with Crippen molar-refractivity contribution >= 4 is 5.97 Å². The zero-order valence-electron chi connectivity index (χ0n) is 7.15. The molecule has 0 bridgehead atoms. The molecule has 1 aromatic rings. The summed E-state index contributed by atoms with van der Waals surface area (Å²) in [6.45, 7) is 0. The highest BCUT2D eigenvalue weighted by Gasteiger charge is 2.15. The van der Waals surface area contributed by atoms with Crippen LogP contribution < -0.4 is 11.3 Å². The number of aliphatic carboxylic acids is 1. The fourth-order valence-electron chi connectivity index (χ4n) is 0.981. The lowest BCUT2D eigenvalue weighted by atomic mass is 10.1. The van der Waals surface area contributed by atoms with Crippen LogP contribution in [0.4, 0.5) is 0 Å². The number of rotatable bonds is 3. The second-order valence-corrected chi connectivity index (χ2v) is 2.81. The molecule has 0 spiro atoms. The Morgan fingerprint density at radius 3 is 2.85 bits per heavy atom. The van der Waals surface area contributed by atoms with E-state index in [0.717, 1.165) is 0 Å². The summed E-state index contributed by atoms with van der Waals surface area (Å²) in [6.07, 6.45) is 1.51. The molecule has 0 fully saturated rings. The number of nitrogens with two attached hydrogens (primary N) is 1. The Hall–Kier alpha value is -1.56. The highest BCUT2D eigenvalue weighted by Crippen LogP contribution is 1.94. The second kappa shape index (κ2) is 3.44. The summed E-state index contributed by atoms with van der Waals surface area (Å²) >= 11 is 0. The molecule has 13 heavy (non-hydrogen) atoms. The summed E-state index contributed by atoms with van der Waals surface area (Å²) in [5, 5.41) is 11.1. The molecule has 0 unspecified atom stereocenters. The number of carboxylic acids is 1. The summed E-state index contributed by atoms with van der Waals surface area (Å²) in [5.74, 6) is -1.11. The number of aryl methyl sites for hydroxylation is 1. The Labute approximate surface area is 74.0 Å². The predicted molar refractivity (Wildman–Crippen MR) is 45.3 cm³/mol. The van der Waals surface area contributed by atoms with Crippen LogP contribution in [0.3, 0.4) is 0 Å². The molecule has 72 valence electrons. The highest BCUT2D eigenvalue weighted by molar-refractivity contribution is 5.73. The third kappa shape index (κ3) is 1.97. The number of carbonyl (C=O) groups is 1. The Morgan fingerprint density at radius 1 is 1.85 bits per heavy atom. The molecule has 6 heteroatoms. The average molecular weight is 185 g/mol. The molecule has 0 aliphatic carbocycles. The molecule has 1 heterocycles. The van der Waals surface area contributed by atoms with Crippen molar-refractivity contribution in [2.24, 2.45) is 12.8 Å². The van der Waals surface area contributed by atoms with E-state index >= 15 is 0 Å². The van der Waals surface area contributed by atoms with Gasteiger partial charge >= 0.3 is 5.97 Å². The highest BCUT2D eigenvalue weighted by atomic mass is 16.4. The van der Waals surface area contributed by atoms with Crippen molar-refractivity contribution in [3.63, 3.8) is 0 Å². The van der Waals surface area contributed by atoms with Crippen LogP contribution in [0.1, 0.15) is 5.56 Å². The van der Waals surface area contributed by atoms with Crippen LogP contribution in [-0.2, 0) is 18.3 Å². The van der Waals surface area contributed by atoms with Gasteiger partial charge < -0.3 is 15.9 Å². The van der Waals surface area contributed by atoms with E-state index in [1.165, 1.54) is 10.9 Å². The van der Waals surface area contributed by atoms with Crippen molar-refractivity contribution in [2.75, 3.05) is 0 Å². The molecule has 0 radical (unpaired) electrons. The summed E-state index contributed by atoms with van der Waals surface area (Å²) in [4.78, 5) is 21.6. The number of aromatic amines is 1. The number of nitrogens with one attached hydrogen (secondary N) is 1. The van der Waals surface area contributed by atoms with Gasteiger partial charge in [-0.2, -0.15) is 0 Å². The van der Waals surface area contributed by atoms with Crippen LogP contribution in [-0.4, -0.2) is 26.9 Å². The summed E-state index contributed by atoms with van der Waals surface area (Å²) in [6, 6.07) is -1.02. The molecule has 1 rings (SSSR count). The standard InChI is InChI=1S/C7H11N3O3/c1-10-6(11)4(3-9-10)2-5(8)7(12)13/h3,5,9H,2,8H2,1H3,(H,12,13)/t5-/m1/s1. The molecule has 0 aliphatic heterocycles. The van der Waals surface area contributed by atoms with E-state index in [1.807, 2.05) is 0 Å². The van der Waals surface area contributed by atoms with E-state index in [9.17, 15) is 9.59 Å². The smallest absolute Gasteiger partial charge is 0.320 e. The Morgan fingerprint density at radius 2 is 2.46 bits per heavy atom. The quantitative estimate of drug-likeness (QED) is 0.543. The zero-order valence-corrected chi connectivity index (χ0v) is 7.15. The van der Waals surface area contributed by atoms with Gasteiger partial charge in [-0.3, -0.25) is 14.3 Å². The van der Waals surface area contributed by atoms with Gasteiger partial charge in [0.25, 0.3) is 5.56 Å². The largest absolute Gasteiger partial charge is 0.480 e. The van der Waals surface area contributed by atoms with Crippen molar-refractivity contribution in [1.82, 2.24) is 9.78 Å². The van der Waals surface area contributed by atoms with Gasteiger partial charge in [0.2, 0.25) is 0 Å². The van der Waals surface area contributed by atoms with E-state index < -0.39 is 12.0 Å². The van der Waals surface area contributed by atoms with Gasteiger partial charge in [0, 0.05) is 25.2 Å². The van der Waals surface area contributed by atoms with Crippen molar-refractivity contribution < 1.29 is 9.90 Å². The Bertz CT molecular complexity index is 365. The molecule has 1 aromatic heterocycles. The van der Waals surface area contributed by atoms with Gasteiger partial charge in [0.15, 0.2) is 0 Å². The topological polar surface area (TPSA) is 101 Å². The maximum atomic E-state index is 11.2. The molecular weight excluding hydrogens is 174 g/mol. The van der Waals surface area contributed by atoms with E-state index in [0.29, 0.717) is 5.56 Å². The van der Waals surface area contributed by atoms with Gasteiger partial charge in [0.1, 0.15) is 6.04 Å². The summed E-state index contributed by atoms with van der Waals surface area (Å²) in [5.41, 5.74) is 5.41. The van der Waals surface area contributed by atoms with Crippen LogP contribution in [0.5, 0.6) is 0 Å². The van der Waals surface area contributed by atoms with Gasteiger partial charge in [-0.15, -0.1) is 0 Å². The van der Waals surface area contributed by atoms with Gasteiger partial charge in [0.05, 0.1) is 0 Å².